The standard InChI is InChI=1S/C12H9BrCl2N2O2/c1-19-5-9-10(13)12(18)17-11(16-9)7-4-6(14)2-3-8(7)15/h2-4H,5H2,1H3,(H,16,17,18). The Balaban J connectivity index is 2.62. The van der Waals surface area contributed by atoms with E-state index in [9.17, 15) is 4.79 Å². The lowest BCUT2D eigenvalue weighted by atomic mass is 10.2. The van der Waals surface area contributed by atoms with E-state index in [0.29, 0.717) is 31.6 Å². The summed E-state index contributed by atoms with van der Waals surface area (Å²) in [6.45, 7) is 0.218. The molecule has 19 heavy (non-hydrogen) atoms. The van der Waals surface area contributed by atoms with Crippen LogP contribution in [0.15, 0.2) is 27.5 Å². The average Bonchev–Trinajstić information content (AvgIpc) is 2.38. The van der Waals surface area contributed by atoms with Crippen LogP contribution in [0.1, 0.15) is 5.69 Å². The molecule has 0 amide bonds. The smallest absolute Gasteiger partial charge is 0.265 e. The van der Waals surface area contributed by atoms with Gasteiger partial charge in [0.1, 0.15) is 10.3 Å². The van der Waals surface area contributed by atoms with Crippen molar-refractivity contribution in [3.8, 4) is 11.4 Å². The van der Waals surface area contributed by atoms with Gasteiger partial charge in [0.15, 0.2) is 0 Å². The number of halogens is 3. The summed E-state index contributed by atoms with van der Waals surface area (Å²) in [5.74, 6) is 0.354. The maximum atomic E-state index is 11.8. The zero-order valence-corrected chi connectivity index (χ0v) is 12.9. The number of hydrogen-bond donors (Lipinski definition) is 1. The minimum atomic E-state index is -0.298. The van der Waals surface area contributed by atoms with Crippen molar-refractivity contribution in [2.75, 3.05) is 7.11 Å². The van der Waals surface area contributed by atoms with Crippen LogP contribution in [0, 0.1) is 0 Å². The Kier molecular flexibility index (Phi) is 4.62. The topological polar surface area (TPSA) is 55.0 Å². The van der Waals surface area contributed by atoms with Crippen LogP contribution in [-0.4, -0.2) is 17.1 Å². The van der Waals surface area contributed by atoms with Gasteiger partial charge in [-0.15, -0.1) is 0 Å². The number of nitrogens with zero attached hydrogens (tertiary/aromatic N) is 1. The first-order chi connectivity index (χ1) is 9.02. The van der Waals surface area contributed by atoms with Crippen LogP contribution in [0.4, 0.5) is 0 Å². The lowest BCUT2D eigenvalue weighted by Gasteiger charge is -2.08. The molecule has 0 radical (unpaired) electrons. The molecule has 7 heteroatoms. The molecule has 100 valence electrons. The molecule has 1 aromatic heterocycles. The molecule has 1 N–H and O–H groups in total. The van der Waals surface area contributed by atoms with E-state index in [1.165, 1.54) is 7.11 Å². The fourth-order valence-electron chi connectivity index (χ4n) is 1.54. The highest BCUT2D eigenvalue weighted by Gasteiger charge is 2.12. The first-order valence-electron chi connectivity index (χ1n) is 5.26. The summed E-state index contributed by atoms with van der Waals surface area (Å²) >= 11 is 15.2. The Morgan fingerprint density at radius 2 is 2.16 bits per heavy atom. The Morgan fingerprint density at radius 3 is 2.84 bits per heavy atom. The normalized spacial score (nSPS) is 10.7. The molecule has 0 bridgehead atoms. The molecule has 0 aliphatic rings. The molecule has 0 saturated heterocycles. The SMILES string of the molecule is COCc1nc(-c2cc(Cl)ccc2Cl)[nH]c(=O)c1Br. The first-order valence-corrected chi connectivity index (χ1v) is 6.81. The molecule has 0 aliphatic heterocycles. The van der Waals surface area contributed by atoms with Crippen molar-refractivity contribution < 1.29 is 4.74 Å². The van der Waals surface area contributed by atoms with Gasteiger partial charge in [0.2, 0.25) is 0 Å². The molecule has 0 aliphatic carbocycles. The molecular weight excluding hydrogens is 355 g/mol. The summed E-state index contributed by atoms with van der Waals surface area (Å²) in [5, 5.41) is 0.969. The van der Waals surface area contributed by atoms with Crippen molar-refractivity contribution in [2.45, 2.75) is 6.61 Å². The number of H-pyrrole nitrogens is 1. The molecule has 0 spiro atoms. The number of rotatable bonds is 3. The van der Waals surface area contributed by atoms with E-state index in [4.69, 9.17) is 27.9 Å². The van der Waals surface area contributed by atoms with Gasteiger partial charge in [-0.25, -0.2) is 4.98 Å². The van der Waals surface area contributed by atoms with Gasteiger partial charge >= 0.3 is 0 Å². The Morgan fingerprint density at radius 1 is 1.42 bits per heavy atom. The zero-order chi connectivity index (χ0) is 14.0. The van der Waals surface area contributed by atoms with Gasteiger partial charge in [-0.2, -0.15) is 0 Å². The van der Waals surface area contributed by atoms with Crippen LogP contribution < -0.4 is 5.56 Å². The predicted octanol–water partition coefficient (Wildman–Crippen LogP) is 3.65. The van der Waals surface area contributed by atoms with Crippen LogP contribution in [0.2, 0.25) is 10.0 Å². The highest BCUT2D eigenvalue weighted by molar-refractivity contribution is 9.10. The van der Waals surface area contributed by atoms with E-state index in [0.717, 1.165) is 0 Å². The molecule has 4 nitrogen and oxygen atoms in total. The summed E-state index contributed by atoms with van der Waals surface area (Å²) in [5.41, 5.74) is 0.765. The summed E-state index contributed by atoms with van der Waals surface area (Å²) < 4.78 is 5.35. The summed E-state index contributed by atoms with van der Waals surface area (Å²) in [4.78, 5) is 18.8. The van der Waals surface area contributed by atoms with Crippen molar-refractivity contribution in [3.63, 3.8) is 0 Å². The van der Waals surface area contributed by atoms with Gasteiger partial charge in [-0.3, -0.25) is 4.79 Å². The molecule has 0 atom stereocenters. The number of benzene rings is 1. The Hall–Kier alpha value is -0.880. The third kappa shape index (κ3) is 3.17. The third-order valence-corrected chi connectivity index (χ3v) is 3.78. The molecular formula is C12H9BrCl2N2O2. The summed E-state index contributed by atoms with van der Waals surface area (Å²) in [6.07, 6.45) is 0. The zero-order valence-electron chi connectivity index (χ0n) is 9.84. The fourth-order valence-corrected chi connectivity index (χ4v) is 2.23. The number of nitrogens with one attached hydrogen (secondary N) is 1. The quantitative estimate of drug-likeness (QED) is 0.905. The minimum Gasteiger partial charge on any atom is -0.378 e. The molecule has 2 aromatic rings. The Bertz CT molecular complexity index is 673. The summed E-state index contributed by atoms with van der Waals surface area (Å²) in [7, 11) is 1.53. The Labute approximate surface area is 127 Å². The second kappa shape index (κ2) is 6.05. The number of ether oxygens (including phenoxy) is 1. The second-order valence-corrected chi connectivity index (χ2v) is 5.37. The van der Waals surface area contributed by atoms with Crippen molar-refractivity contribution >= 4 is 39.1 Å². The largest absolute Gasteiger partial charge is 0.378 e. The molecule has 1 heterocycles. The van der Waals surface area contributed by atoms with Crippen molar-refractivity contribution in [3.05, 3.63) is 48.8 Å². The van der Waals surface area contributed by atoms with Crippen LogP contribution in [0.5, 0.6) is 0 Å². The monoisotopic (exact) mass is 362 g/mol. The molecule has 0 saturated carbocycles. The van der Waals surface area contributed by atoms with Gasteiger partial charge in [0.25, 0.3) is 5.56 Å². The van der Waals surface area contributed by atoms with E-state index < -0.39 is 0 Å². The van der Waals surface area contributed by atoms with Gasteiger partial charge in [-0.1, -0.05) is 23.2 Å². The average molecular weight is 364 g/mol. The fraction of sp³-hybridized carbons (Fsp3) is 0.167. The van der Waals surface area contributed by atoms with Gasteiger partial charge in [0, 0.05) is 17.7 Å². The van der Waals surface area contributed by atoms with Gasteiger partial charge < -0.3 is 9.72 Å². The van der Waals surface area contributed by atoms with Gasteiger partial charge in [0.05, 0.1) is 17.3 Å². The molecule has 0 unspecified atom stereocenters. The maximum absolute atomic E-state index is 11.8. The van der Waals surface area contributed by atoms with Gasteiger partial charge in [-0.05, 0) is 34.1 Å². The molecule has 0 fully saturated rings. The van der Waals surface area contributed by atoms with Crippen molar-refractivity contribution in [1.82, 2.24) is 9.97 Å². The molecule has 2 rings (SSSR count). The van der Waals surface area contributed by atoms with Crippen LogP contribution in [-0.2, 0) is 11.3 Å². The second-order valence-electron chi connectivity index (χ2n) is 3.73. The van der Waals surface area contributed by atoms with E-state index in [1.807, 2.05) is 0 Å². The lowest BCUT2D eigenvalue weighted by molar-refractivity contribution is 0.180. The number of aromatic nitrogens is 2. The number of methoxy groups -OCH3 is 1. The van der Waals surface area contributed by atoms with E-state index >= 15 is 0 Å². The van der Waals surface area contributed by atoms with Crippen LogP contribution in [0.25, 0.3) is 11.4 Å². The lowest BCUT2D eigenvalue weighted by Crippen LogP contribution is -2.14. The van der Waals surface area contributed by atoms with Crippen molar-refractivity contribution in [2.24, 2.45) is 0 Å². The highest BCUT2D eigenvalue weighted by atomic mass is 79.9. The minimum absolute atomic E-state index is 0.218. The predicted molar refractivity (Wildman–Crippen MR) is 78.7 cm³/mol. The first kappa shape index (κ1) is 14.5. The molecule has 1 aromatic carbocycles. The van der Waals surface area contributed by atoms with E-state index in [1.54, 1.807) is 18.2 Å². The summed E-state index contributed by atoms with van der Waals surface area (Å²) in [6, 6.07) is 4.96. The highest BCUT2D eigenvalue weighted by Crippen LogP contribution is 2.28. The van der Waals surface area contributed by atoms with E-state index in [2.05, 4.69) is 25.9 Å². The maximum Gasteiger partial charge on any atom is 0.265 e. The number of aromatic amines is 1. The van der Waals surface area contributed by atoms with E-state index in [-0.39, 0.29) is 12.2 Å². The van der Waals surface area contributed by atoms with Crippen LogP contribution in [0.3, 0.4) is 0 Å². The van der Waals surface area contributed by atoms with Crippen molar-refractivity contribution in [1.29, 1.82) is 0 Å². The third-order valence-electron chi connectivity index (χ3n) is 2.40. The number of hydrogen-bond acceptors (Lipinski definition) is 3. The van der Waals surface area contributed by atoms with Crippen LogP contribution >= 0.6 is 39.1 Å².